The van der Waals surface area contributed by atoms with Gasteiger partial charge in [0.15, 0.2) is 0 Å². The number of hydrogen-bond donors (Lipinski definition) is 2. The van der Waals surface area contributed by atoms with Gasteiger partial charge < -0.3 is 15.8 Å². The first-order chi connectivity index (χ1) is 11.1. The third-order valence-corrected chi connectivity index (χ3v) is 4.22. The Morgan fingerprint density at radius 2 is 1.87 bits per heavy atom. The summed E-state index contributed by atoms with van der Waals surface area (Å²) in [6, 6.07) is 9.43. The lowest BCUT2D eigenvalue weighted by Crippen LogP contribution is -2.44. The third kappa shape index (κ3) is 3.17. The van der Waals surface area contributed by atoms with Crippen molar-refractivity contribution in [3.63, 3.8) is 0 Å². The van der Waals surface area contributed by atoms with Crippen molar-refractivity contribution in [2.75, 3.05) is 24.3 Å². The van der Waals surface area contributed by atoms with Crippen LogP contribution in [0.4, 0.5) is 15.9 Å². The second-order valence-electron chi connectivity index (χ2n) is 5.63. The van der Waals surface area contributed by atoms with Crippen LogP contribution < -0.4 is 11.1 Å². The maximum atomic E-state index is 13.2. The molecule has 120 valence electrons. The van der Waals surface area contributed by atoms with E-state index >= 15 is 0 Å². The number of nitrogens with two attached hydrogens (primary N) is 1. The lowest BCUT2D eigenvalue weighted by atomic mass is 9.73. The minimum Gasteiger partial charge on any atom is -0.384 e. The van der Waals surface area contributed by atoms with Crippen molar-refractivity contribution < 1.29 is 13.9 Å². The van der Waals surface area contributed by atoms with Crippen molar-refractivity contribution in [1.82, 2.24) is 4.98 Å². The minimum atomic E-state index is -0.729. The summed E-state index contributed by atoms with van der Waals surface area (Å²) >= 11 is 0. The molecule has 1 saturated heterocycles. The van der Waals surface area contributed by atoms with Gasteiger partial charge in [-0.25, -0.2) is 9.37 Å². The Hall–Kier alpha value is -2.47. The first-order valence-electron chi connectivity index (χ1n) is 7.47. The van der Waals surface area contributed by atoms with Gasteiger partial charge in [0.2, 0.25) is 5.91 Å². The predicted molar refractivity (Wildman–Crippen MR) is 85.4 cm³/mol. The normalized spacial score (nSPS) is 16.7. The molecule has 1 aromatic heterocycles. The number of nitrogen functional groups attached to an aromatic ring is 1. The zero-order valence-electron chi connectivity index (χ0n) is 12.6. The number of benzene rings is 1. The summed E-state index contributed by atoms with van der Waals surface area (Å²) < 4.78 is 18.6. The molecule has 5 nitrogen and oxygen atoms in total. The molecular formula is C17H18FN3O2. The van der Waals surface area contributed by atoms with E-state index in [2.05, 4.69) is 10.3 Å². The monoisotopic (exact) mass is 315 g/mol. The SMILES string of the molecule is Nc1ccc(NC(=O)C2(c3ccc(F)cc3)CCOCC2)cn1. The first-order valence-corrected chi connectivity index (χ1v) is 7.47. The Morgan fingerprint density at radius 3 is 2.48 bits per heavy atom. The van der Waals surface area contributed by atoms with E-state index < -0.39 is 5.41 Å². The van der Waals surface area contributed by atoms with E-state index in [9.17, 15) is 9.18 Å². The number of amides is 1. The molecule has 0 spiro atoms. The molecule has 1 aliphatic heterocycles. The molecule has 1 amide bonds. The standard InChI is InChI=1S/C17H18FN3O2/c18-13-3-1-12(2-4-13)17(7-9-23-10-8-17)16(22)21-14-5-6-15(19)20-11-14/h1-6,11H,7-10H2,(H2,19,20)(H,21,22). The van der Waals surface area contributed by atoms with Gasteiger partial charge in [-0.2, -0.15) is 0 Å². The average molecular weight is 315 g/mol. The van der Waals surface area contributed by atoms with Gasteiger partial charge in [-0.15, -0.1) is 0 Å². The summed E-state index contributed by atoms with van der Waals surface area (Å²) in [6.07, 6.45) is 2.62. The predicted octanol–water partition coefficient (Wildman–Crippen LogP) is 2.49. The summed E-state index contributed by atoms with van der Waals surface area (Å²) in [4.78, 5) is 16.9. The van der Waals surface area contributed by atoms with Crippen LogP contribution in [0, 0.1) is 5.82 Å². The Bertz CT molecular complexity index is 680. The maximum Gasteiger partial charge on any atom is 0.235 e. The quantitative estimate of drug-likeness (QED) is 0.912. The van der Waals surface area contributed by atoms with Crippen LogP contribution in [0.1, 0.15) is 18.4 Å². The van der Waals surface area contributed by atoms with E-state index in [1.807, 2.05) is 0 Å². The zero-order chi connectivity index (χ0) is 16.3. The van der Waals surface area contributed by atoms with Gasteiger partial charge in [0.05, 0.1) is 17.3 Å². The molecule has 0 aliphatic carbocycles. The summed E-state index contributed by atoms with van der Waals surface area (Å²) in [5.74, 6) is -0.0691. The van der Waals surface area contributed by atoms with Crippen LogP contribution in [-0.4, -0.2) is 24.1 Å². The smallest absolute Gasteiger partial charge is 0.235 e. The molecule has 0 radical (unpaired) electrons. The Labute approximate surface area is 133 Å². The molecular weight excluding hydrogens is 297 g/mol. The zero-order valence-corrected chi connectivity index (χ0v) is 12.6. The maximum absolute atomic E-state index is 13.2. The minimum absolute atomic E-state index is 0.140. The molecule has 3 N–H and O–H groups in total. The molecule has 3 rings (SSSR count). The van der Waals surface area contributed by atoms with Gasteiger partial charge in [-0.1, -0.05) is 12.1 Å². The van der Waals surface area contributed by atoms with E-state index in [0.717, 1.165) is 5.56 Å². The van der Waals surface area contributed by atoms with Gasteiger partial charge in [0.1, 0.15) is 11.6 Å². The second-order valence-corrected chi connectivity index (χ2v) is 5.63. The highest BCUT2D eigenvalue weighted by atomic mass is 19.1. The van der Waals surface area contributed by atoms with E-state index in [1.54, 1.807) is 24.3 Å². The van der Waals surface area contributed by atoms with Crippen LogP contribution in [0.5, 0.6) is 0 Å². The number of carbonyl (C=O) groups excluding carboxylic acids is 1. The fraction of sp³-hybridized carbons (Fsp3) is 0.294. The van der Waals surface area contributed by atoms with Crippen molar-refractivity contribution in [2.45, 2.75) is 18.3 Å². The molecule has 0 atom stereocenters. The van der Waals surface area contributed by atoms with Crippen molar-refractivity contribution in [2.24, 2.45) is 0 Å². The molecule has 0 saturated carbocycles. The number of nitrogens with zero attached hydrogens (tertiary/aromatic N) is 1. The number of aromatic nitrogens is 1. The fourth-order valence-electron chi connectivity index (χ4n) is 2.87. The molecule has 0 unspecified atom stereocenters. The van der Waals surface area contributed by atoms with Crippen LogP contribution in [0.25, 0.3) is 0 Å². The number of carbonyl (C=O) groups is 1. The molecule has 1 aliphatic rings. The van der Waals surface area contributed by atoms with E-state index in [0.29, 0.717) is 37.6 Å². The number of halogens is 1. The molecule has 6 heteroatoms. The molecule has 1 aromatic carbocycles. The topological polar surface area (TPSA) is 77.2 Å². The van der Waals surface area contributed by atoms with Crippen LogP contribution in [-0.2, 0) is 14.9 Å². The van der Waals surface area contributed by atoms with E-state index in [4.69, 9.17) is 10.5 Å². The van der Waals surface area contributed by atoms with Gasteiger partial charge in [0, 0.05) is 13.2 Å². The van der Waals surface area contributed by atoms with Crippen molar-refractivity contribution in [3.8, 4) is 0 Å². The highest BCUT2D eigenvalue weighted by Gasteiger charge is 2.41. The van der Waals surface area contributed by atoms with Crippen molar-refractivity contribution >= 4 is 17.4 Å². The summed E-state index contributed by atoms with van der Waals surface area (Å²) in [5, 5.41) is 2.89. The number of ether oxygens (including phenoxy) is 1. The fourth-order valence-corrected chi connectivity index (χ4v) is 2.87. The number of rotatable bonds is 3. The van der Waals surface area contributed by atoms with Crippen molar-refractivity contribution in [3.05, 3.63) is 54.0 Å². The number of anilines is 2. The van der Waals surface area contributed by atoms with Gasteiger partial charge in [-0.05, 0) is 42.7 Å². The van der Waals surface area contributed by atoms with Crippen LogP contribution in [0.2, 0.25) is 0 Å². The third-order valence-electron chi connectivity index (χ3n) is 4.22. The highest BCUT2D eigenvalue weighted by molar-refractivity contribution is 5.99. The van der Waals surface area contributed by atoms with Gasteiger partial charge in [-0.3, -0.25) is 4.79 Å². The molecule has 2 aromatic rings. The number of nitrogens with one attached hydrogen (secondary N) is 1. The highest BCUT2D eigenvalue weighted by Crippen LogP contribution is 2.36. The van der Waals surface area contributed by atoms with Gasteiger partial charge in [0.25, 0.3) is 0 Å². The molecule has 1 fully saturated rings. The molecule has 23 heavy (non-hydrogen) atoms. The average Bonchev–Trinajstić information content (AvgIpc) is 2.58. The number of hydrogen-bond acceptors (Lipinski definition) is 4. The molecule has 2 heterocycles. The lowest BCUT2D eigenvalue weighted by molar-refractivity contribution is -0.125. The van der Waals surface area contributed by atoms with Gasteiger partial charge >= 0.3 is 0 Å². The van der Waals surface area contributed by atoms with E-state index in [-0.39, 0.29) is 11.7 Å². The molecule has 0 bridgehead atoms. The summed E-state index contributed by atoms with van der Waals surface area (Å²) in [7, 11) is 0. The van der Waals surface area contributed by atoms with Crippen LogP contribution in [0.15, 0.2) is 42.6 Å². The largest absolute Gasteiger partial charge is 0.384 e. The Kier molecular flexibility index (Phi) is 4.25. The van der Waals surface area contributed by atoms with E-state index in [1.165, 1.54) is 18.3 Å². The van der Waals surface area contributed by atoms with Crippen molar-refractivity contribution in [1.29, 1.82) is 0 Å². The lowest BCUT2D eigenvalue weighted by Gasteiger charge is -2.36. The first kappa shape index (κ1) is 15.4. The summed E-state index contributed by atoms with van der Waals surface area (Å²) in [6.45, 7) is 0.982. The number of pyridine rings is 1. The van der Waals surface area contributed by atoms with Crippen LogP contribution >= 0.6 is 0 Å². The Morgan fingerprint density at radius 1 is 1.17 bits per heavy atom. The Balaban J connectivity index is 1.90. The summed E-state index contributed by atoms with van der Waals surface area (Å²) in [5.41, 5.74) is 6.20. The second kappa shape index (κ2) is 6.34. The van der Waals surface area contributed by atoms with Crippen LogP contribution in [0.3, 0.4) is 0 Å².